The van der Waals surface area contributed by atoms with Crippen LogP contribution in [0.2, 0.25) is 5.02 Å². The van der Waals surface area contributed by atoms with E-state index in [9.17, 15) is 0 Å². The van der Waals surface area contributed by atoms with E-state index in [1.807, 2.05) is 26.0 Å². The number of nitrogens with one attached hydrogen (secondary N) is 2. The molecule has 2 N–H and O–H groups in total. The lowest BCUT2D eigenvalue weighted by molar-refractivity contribution is 0.0268. The van der Waals surface area contributed by atoms with Gasteiger partial charge in [-0.1, -0.05) is 23.7 Å². The quantitative estimate of drug-likeness (QED) is 0.625. The van der Waals surface area contributed by atoms with Crippen LogP contribution in [-0.4, -0.2) is 38.8 Å². The fourth-order valence-corrected chi connectivity index (χ4v) is 2.49. The molecule has 1 aliphatic rings. The standard InChI is InChI=1S/C17H26ClN3O/c1-16(2,22-4)11-20-15(19-3)21-12-17(9-10-17)13-5-7-14(18)8-6-13/h5-8H,9-12H2,1-4H3,(H2,19,20,21). The molecular formula is C17H26ClN3O. The second-order valence-corrected chi connectivity index (χ2v) is 6.97. The minimum atomic E-state index is -0.217. The van der Waals surface area contributed by atoms with Gasteiger partial charge in [-0.3, -0.25) is 4.99 Å². The number of halogens is 1. The predicted molar refractivity (Wildman–Crippen MR) is 92.8 cm³/mol. The molecule has 2 rings (SSSR count). The molecule has 0 atom stereocenters. The third-order valence-electron chi connectivity index (χ3n) is 4.36. The van der Waals surface area contributed by atoms with Crippen molar-refractivity contribution < 1.29 is 4.74 Å². The number of methoxy groups -OCH3 is 1. The van der Waals surface area contributed by atoms with E-state index < -0.39 is 0 Å². The molecule has 0 radical (unpaired) electrons. The maximum Gasteiger partial charge on any atom is 0.191 e. The van der Waals surface area contributed by atoms with Gasteiger partial charge in [-0.2, -0.15) is 0 Å². The Morgan fingerprint density at radius 3 is 2.41 bits per heavy atom. The Kier molecular flexibility index (Phi) is 5.35. The Morgan fingerprint density at radius 1 is 1.27 bits per heavy atom. The second kappa shape index (κ2) is 6.88. The predicted octanol–water partition coefficient (Wildman–Crippen LogP) is 2.96. The lowest BCUT2D eigenvalue weighted by atomic mass is 9.96. The number of aliphatic imine (C=N–C) groups is 1. The fraction of sp³-hybridized carbons (Fsp3) is 0.588. The molecule has 1 saturated carbocycles. The monoisotopic (exact) mass is 323 g/mol. The van der Waals surface area contributed by atoms with E-state index in [-0.39, 0.29) is 11.0 Å². The van der Waals surface area contributed by atoms with E-state index in [1.165, 1.54) is 18.4 Å². The summed E-state index contributed by atoms with van der Waals surface area (Å²) in [6.45, 7) is 5.67. The summed E-state index contributed by atoms with van der Waals surface area (Å²) in [5, 5.41) is 7.53. The molecular weight excluding hydrogens is 298 g/mol. The maximum atomic E-state index is 5.97. The number of hydrogen-bond donors (Lipinski definition) is 2. The lowest BCUT2D eigenvalue weighted by Gasteiger charge is -2.25. The average Bonchev–Trinajstić information content (AvgIpc) is 3.29. The largest absolute Gasteiger partial charge is 0.377 e. The minimum Gasteiger partial charge on any atom is -0.377 e. The van der Waals surface area contributed by atoms with Gasteiger partial charge in [-0.05, 0) is 44.4 Å². The number of benzene rings is 1. The molecule has 0 spiro atoms. The second-order valence-electron chi connectivity index (χ2n) is 6.53. The van der Waals surface area contributed by atoms with Crippen LogP contribution in [0.5, 0.6) is 0 Å². The first-order valence-electron chi connectivity index (χ1n) is 7.66. The fourth-order valence-electron chi connectivity index (χ4n) is 2.36. The molecule has 1 aromatic rings. The van der Waals surface area contributed by atoms with E-state index in [0.717, 1.165) is 17.5 Å². The molecule has 0 heterocycles. The van der Waals surface area contributed by atoms with Gasteiger partial charge in [0.15, 0.2) is 5.96 Å². The van der Waals surface area contributed by atoms with Crippen LogP contribution in [-0.2, 0) is 10.2 Å². The zero-order chi connectivity index (χ0) is 16.2. The van der Waals surface area contributed by atoms with Crippen LogP contribution in [0.1, 0.15) is 32.3 Å². The third-order valence-corrected chi connectivity index (χ3v) is 4.61. The van der Waals surface area contributed by atoms with Gasteiger partial charge in [0.1, 0.15) is 0 Å². The Morgan fingerprint density at radius 2 is 1.91 bits per heavy atom. The van der Waals surface area contributed by atoms with Gasteiger partial charge in [0.2, 0.25) is 0 Å². The lowest BCUT2D eigenvalue weighted by Crippen LogP contribution is -2.47. The van der Waals surface area contributed by atoms with Gasteiger partial charge in [-0.15, -0.1) is 0 Å². The molecule has 0 bridgehead atoms. The van der Waals surface area contributed by atoms with Crippen LogP contribution in [0.3, 0.4) is 0 Å². The molecule has 0 unspecified atom stereocenters. The van der Waals surface area contributed by atoms with Gasteiger partial charge in [0.05, 0.1) is 5.60 Å². The molecule has 0 aliphatic heterocycles. The molecule has 4 nitrogen and oxygen atoms in total. The normalized spacial score (nSPS) is 17.2. The van der Waals surface area contributed by atoms with Gasteiger partial charge >= 0.3 is 0 Å². The van der Waals surface area contributed by atoms with Gasteiger partial charge in [0.25, 0.3) is 0 Å². The Balaban J connectivity index is 1.89. The van der Waals surface area contributed by atoms with Crippen molar-refractivity contribution in [1.29, 1.82) is 0 Å². The van der Waals surface area contributed by atoms with Crippen LogP contribution < -0.4 is 10.6 Å². The SMILES string of the molecule is CN=C(NCC(C)(C)OC)NCC1(c2ccc(Cl)cc2)CC1. The van der Waals surface area contributed by atoms with Crippen molar-refractivity contribution >= 4 is 17.6 Å². The highest BCUT2D eigenvalue weighted by Gasteiger charge is 2.44. The van der Waals surface area contributed by atoms with Crippen molar-refractivity contribution in [2.24, 2.45) is 4.99 Å². The summed E-state index contributed by atoms with van der Waals surface area (Å²) in [6, 6.07) is 8.18. The van der Waals surface area contributed by atoms with Crippen molar-refractivity contribution in [1.82, 2.24) is 10.6 Å². The van der Waals surface area contributed by atoms with Crippen LogP contribution in [0, 0.1) is 0 Å². The maximum absolute atomic E-state index is 5.97. The Bertz CT molecular complexity index is 521. The molecule has 1 fully saturated rings. The first-order valence-corrected chi connectivity index (χ1v) is 8.04. The van der Waals surface area contributed by atoms with Crippen molar-refractivity contribution in [3.8, 4) is 0 Å². The summed E-state index contributed by atoms with van der Waals surface area (Å²) in [7, 11) is 3.51. The van der Waals surface area contributed by atoms with Crippen molar-refractivity contribution in [3.05, 3.63) is 34.9 Å². The van der Waals surface area contributed by atoms with Crippen molar-refractivity contribution in [3.63, 3.8) is 0 Å². The Hall–Kier alpha value is -1.26. The van der Waals surface area contributed by atoms with Crippen molar-refractivity contribution in [2.75, 3.05) is 27.2 Å². The van der Waals surface area contributed by atoms with Crippen LogP contribution in [0.4, 0.5) is 0 Å². The highest BCUT2D eigenvalue weighted by Crippen LogP contribution is 2.47. The highest BCUT2D eigenvalue weighted by atomic mass is 35.5. The van der Waals surface area contributed by atoms with Gasteiger partial charge in [-0.25, -0.2) is 0 Å². The van der Waals surface area contributed by atoms with Crippen LogP contribution >= 0.6 is 11.6 Å². The molecule has 5 heteroatoms. The van der Waals surface area contributed by atoms with E-state index >= 15 is 0 Å². The molecule has 1 aromatic carbocycles. The van der Waals surface area contributed by atoms with Crippen LogP contribution in [0.25, 0.3) is 0 Å². The summed E-state index contributed by atoms with van der Waals surface area (Å²) >= 11 is 5.97. The van der Waals surface area contributed by atoms with Gasteiger partial charge in [0, 0.05) is 37.7 Å². The molecule has 122 valence electrons. The number of guanidine groups is 1. The first kappa shape index (κ1) is 17.1. The summed E-state index contributed by atoms with van der Waals surface area (Å²) < 4.78 is 5.41. The zero-order valence-corrected chi connectivity index (χ0v) is 14.6. The molecule has 0 amide bonds. The topological polar surface area (TPSA) is 45.7 Å². The summed E-state index contributed by atoms with van der Waals surface area (Å²) in [5.41, 5.74) is 1.35. The summed E-state index contributed by atoms with van der Waals surface area (Å²) in [5.74, 6) is 0.811. The first-order chi connectivity index (χ1) is 10.4. The molecule has 0 aromatic heterocycles. The molecule has 0 saturated heterocycles. The number of nitrogens with zero attached hydrogens (tertiary/aromatic N) is 1. The summed E-state index contributed by atoms with van der Waals surface area (Å²) in [4.78, 5) is 4.28. The van der Waals surface area contributed by atoms with E-state index in [2.05, 4.69) is 27.8 Å². The van der Waals surface area contributed by atoms with E-state index in [1.54, 1.807) is 14.2 Å². The van der Waals surface area contributed by atoms with Crippen LogP contribution in [0.15, 0.2) is 29.3 Å². The zero-order valence-electron chi connectivity index (χ0n) is 13.9. The minimum absolute atomic E-state index is 0.217. The Labute approximate surface area is 138 Å². The molecule has 22 heavy (non-hydrogen) atoms. The highest BCUT2D eigenvalue weighted by molar-refractivity contribution is 6.30. The number of hydrogen-bond acceptors (Lipinski definition) is 2. The number of ether oxygens (including phenoxy) is 1. The summed E-state index contributed by atoms with van der Waals surface area (Å²) in [6.07, 6.45) is 2.39. The molecule has 1 aliphatic carbocycles. The van der Waals surface area contributed by atoms with Gasteiger partial charge < -0.3 is 15.4 Å². The number of rotatable bonds is 6. The smallest absolute Gasteiger partial charge is 0.191 e. The third kappa shape index (κ3) is 4.37. The van der Waals surface area contributed by atoms with E-state index in [4.69, 9.17) is 16.3 Å². The van der Waals surface area contributed by atoms with Crippen molar-refractivity contribution in [2.45, 2.75) is 37.7 Å². The average molecular weight is 324 g/mol. The van der Waals surface area contributed by atoms with E-state index in [0.29, 0.717) is 6.54 Å².